The number of ether oxygens (including phenoxy) is 2. The van der Waals surface area contributed by atoms with Crippen LogP contribution in [-0.2, 0) is 46.9 Å². The molecule has 48 heavy (non-hydrogen) atoms. The Kier molecular flexibility index (Phi) is 8.27. The number of hydrogen-bond donors (Lipinski definition) is 1. The maximum Gasteiger partial charge on any atom is 0.416 e. The Hall–Kier alpha value is -3.28. The molecule has 11 nitrogen and oxygen atoms in total. The quantitative estimate of drug-likeness (QED) is 0.284. The van der Waals surface area contributed by atoms with Crippen LogP contribution < -0.4 is 15.4 Å². The predicted molar refractivity (Wildman–Crippen MR) is 164 cm³/mol. The van der Waals surface area contributed by atoms with Gasteiger partial charge in [0.1, 0.15) is 23.6 Å². The van der Waals surface area contributed by atoms with Crippen molar-refractivity contribution in [2.75, 3.05) is 43.1 Å². The molecule has 2 N–H and O–H groups in total. The number of sulfone groups is 1. The first-order valence-electron chi connectivity index (χ1n) is 15.5. The van der Waals surface area contributed by atoms with Gasteiger partial charge in [0.05, 0.1) is 47.4 Å². The molecule has 3 aromatic rings. The van der Waals surface area contributed by atoms with Crippen molar-refractivity contribution in [1.29, 1.82) is 0 Å². The van der Waals surface area contributed by atoms with Crippen molar-refractivity contribution >= 4 is 32.9 Å². The summed E-state index contributed by atoms with van der Waals surface area (Å²) < 4.78 is 110. The summed E-state index contributed by atoms with van der Waals surface area (Å²) in [5.74, 6) is -0.872. The Labute approximate surface area is 278 Å². The molecule has 18 heteroatoms. The molecule has 2 fully saturated rings. The highest BCUT2D eigenvalue weighted by molar-refractivity contribution is 7.90. The van der Waals surface area contributed by atoms with Crippen LogP contribution in [0.4, 0.5) is 33.5 Å². The molecule has 3 atom stereocenters. The van der Waals surface area contributed by atoms with Gasteiger partial charge in [0.25, 0.3) is 0 Å². The van der Waals surface area contributed by atoms with Crippen LogP contribution in [0, 0.1) is 5.82 Å². The zero-order chi connectivity index (χ0) is 34.2. The molecular formula is C30H33ClF5N7O4S. The lowest BCUT2D eigenvalue weighted by Gasteiger charge is -2.33. The Morgan fingerprint density at radius 3 is 2.73 bits per heavy atom. The fourth-order valence-corrected chi connectivity index (χ4v) is 8.74. The lowest BCUT2D eigenvalue weighted by Crippen LogP contribution is -2.43. The monoisotopic (exact) mass is 717 g/mol. The predicted octanol–water partition coefficient (Wildman–Crippen LogP) is 4.65. The lowest BCUT2D eigenvalue weighted by molar-refractivity contribution is -0.140. The van der Waals surface area contributed by atoms with Crippen LogP contribution in [0.15, 0.2) is 17.2 Å². The lowest BCUT2D eigenvalue weighted by atomic mass is 9.94. The van der Waals surface area contributed by atoms with E-state index in [9.17, 15) is 26.0 Å². The first-order chi connectivity index (χ1) is 22.6. The second-order valence-corrected chi connectivity index (χ2v) is 15.2. The highest BCUT2D eigenvalue weighted by Gasteiger charge is 2.49. The molecule has 0 aliphatic carbocycles. The van der Waals surface area contributed by atoms with Gasteiger partial charge in [-0.2, -0.15) is 28.2 Å². The van der Waals surface area contributed by atoms with Crippen molar-refractivity contribution in [1.82, 2.24) is 24.6 Å². The molecule has 0 spiro atoms. The SMILES string of the molecule is CS(=O)(=O)c1nn2c(c1Cl)CN(c1nc(OC[C@@]34CCCN3C[C@H](F)C4)nc3c1CO[C@@H](c1c(C(F)(F)F)ccc(N)c1F)C3)CCC2. The van der Waals surface area contributed by atoms with Crippen molar-refractivity contribution in [2.45, 2.75) is 80.8 Å². The zero-order valence-electron chi connectivity index (χ0n) is 25.9. The van der Waals surface area contributed by atoms with E-state index >= 15 is 4.39 Å². The molecule has 260 valence electrons. The Morgan fingerprint density at radius 2 is 1.98 bits per heavy atom. The van der Waals surface area contributed by atoms with Crippen LogP contribution in [0.2, 0.25) is 5.02 Å². The normalized spacial score (nSPS) is 24.7. The van der Waals surface area contributed by atoms with Gasteiger partial charge in [-0.05, 0) is 37.9 Å². The summed E-state index contributed by atoms with van der Waals surface area (Å²) in [7, 11) is -3.72. The minimum atomic E-state index is -4.88. The van der Waals surface area contributed by atoms with Crippen LogP contribution in [0.25, 0.3) is 0 Å². The number of nitrogen functional groups attached to an aromatic ring is 1. The van der Waals surface area contributed by atoms with E-state index in [4.69, 9.17) is 31.8 Å². The number of anilines is 2. The Morgan fingerprint density at radius 1 is 1.19 bits per heavy atom. The first kappa shape index (κ1) is 33.2. The maximum absolute atomic E-state index is 15.3. The molecule has 0 unspecified atom stereocenters. The molecule has 2 aromatic heterocycles. The van der Waals surface area contributed by atoms with Crippen molar-refractivity contribution in [3.63, 3.8) is 0 Å². The summed E-state index contributed by atoms with van der Waals surface area (Å²) >= 11 is 6.53. The van der Waals surface area contributed by atoms with Crippen molar-refractivity contribution in [3.05, 3.63) is 51.1 Å². The van der Waals surface area contributed by atoms with Gasteiger partial charge in [0.15, 0.2) is 20.7 Å². The van der Waals surface area contributed by atoms with Crippen LogP contribution >= 0.6 is 11.6 Å². The van der Waals surface area contributed by atoms with Gasteiger partial charge in [0, 0.05) is 49.9 Å². The highest BCUT2D eigenvalue weighted by Crippen LogP contribution is 2.44. The minimum Gasteiger partial charge on any atom is -0.461 e. The van der Waals surface area contributed by atoms with E-state index < -0.39 is 56.5 Å². The highest BCUT2D eigenvalue weighted by atomic mass is 35.5. The minimum absolute atomic E-state index is 0.0145. The van der Waals surface area contributed by atoms with Crippen LogP contribution in [0.5, 0.6) is 6.01 Å². The van der Waals surface area contributed by atoms with Crippen molar-refractivity contribution in [2.24, 2.45) is 0 Å². The second-order valence-electron chi connectivity index (χ2n) is 12.9. The number of fused-ring (bicyclic) bond motifs is 3. The molecule has 0 radical (unpaired) electrons. The Balaban J connectivity index is 1.28. The number of rotatable bonds is 6. The molecule has 4 aliphatic heterocycles. The zero-order valence-corrected chi connectivity index (χ0v) is 27.4. The van der Waals surface area contributed by atoms with Crippen LogP contribution in [0.3, 0.4) is 0 Å². The number of nitrogens with two attached hydrogens (primary N) is 1. The third kappa shape index (κ3) is 5.85. The number of benzene rings is 1. The van der Waals surface area contributed by atoms with Crippen molar-refractivity contribution < 1.29 is 39.8 Å². The average Bonchev–Trinajstić information content (AvgIpc) is 3.58. The molecule has 1 aromatic carbocycles. The van der Waals surface area contributed by atoms with E-state index in [1.165, 1.54) is 0 Å². The molecule has 6 heterocycles. The van der Waals surface area contributed by atoms with Crippen molar-refractivity contribution in [3.8, 4) is 6.01 Å². The summed E-state index contributed by atoms with van der Waals surface area (Å²) in [4.78, 5) is 13.2. The largest absolute Gasteiger partial charge is 0.461 e. The summed E-state index contributed by atoms with van der Waals surface area (Å²) in [6, 6.07) is 1.53. The molecular weight excluding hydrogens is 685 g/mol. The topological polar surface area (TPSA) is 129 Å². The maximum atomic E-state index is 15.3. The van der Waals surface area contributed by atoms with Crippen LogP contribution in [-0.4, -0.2) is 77.3 Å². The van der Waals surface area contributed by atoms with Gasteiger partial charge < -0.3 is 20.1 Å². The molecule has 0 saturated carbocycles. The first-order valence-corrected chi connectivity index (χ1v) is 17.8. The number of aryl methyl sites for hydroxylation is 1. The van der Waals surface area contributed by atoms with E-state index in [0.29, 0.717) is 49.6 Å². The van der Waals surface area contributed by atoms with Gasteiger partial charge in [-0.25, -0.2) is 17.2 Å². The fraction of sp³-hybridized carbons (Fsp3) is 0.567. The van der Waals surface area contributed by atoms with Gasteiger partial charge in [-0.1, -0.05) is 11.6 Å². The van der Waals surface area contributed by atoms with Gasteiger partial charge in [0.2, 0.25) is 0 Å². The summed E-state index contributed by atoms with van der Waals surface area (Å²) in [6.07, 6.45) is -4.05. The van der Waals surface area contributed by atoms with Crippen LogP contribution in [0.1, 0.15) is 59.9 Å². The van der Waals surface area contributed by atoms with E-state index in [1.807, 2.05) is 4.90 Å². The summed E-state index contributed by atoms with van der Waals surface area (Å²) in [5, 5.41) is 3.97. The molecule has 0 bridgehead atoms. The second kappa shape index (κ2) is 11.9. The molecule has 7 rings (SSSR count). The number of alkyl halides is 4. The molecule has 2 saturated heterocycles. The van der Waals surface area contributed by atoms with E-state index in [1.54, 1.807) is 4.68 Å². The number of nitrogens with zero attached hydrogens (tertiary/aromatic N) is 6. The standard InChI is InChI=1S/C30H33ClF5N7O4S/c1-48(44,45)27-24(31)21-13-41(7-3-9-43(21)40-27)26-17-14-46-22(23-18(30(34,35)36)4-5-19(37)25(23)33)10-20(17)38-28(39-26)47-15-29-6-2-8-42(29)12-16(32)11-29/h4-5,16,22H,2-3,6-15,37H2,1H3/t16-,22-,29+/m1/s1. The number of halogens is 6. The van der Waals surface area contributed by atoms with Gasteiger partial charge >= 0.3 is 12.2 Å². The third-order valence-electron chi connectivity index (χ3n) is 9.68. The smallest absolute Gasteiger partial charge is 0.416 e. The fourth-order valence-electron chi connectivity index (χ4n) is 7.44. The summed E-state index contributed by atoms with van der Waals surface area (Å²) in [5.41, 5.74) is 3.98. The number of hydrogen-bond acceptors (Lipinski definition) is 10. The van der Waals surface area contributed by atoms with Gasteiger partial charge in [-0.15, -0.1) is 0 Å². The molecule has 4 aliphatic rings. The Bertz CT molecular complexity index is 1880. The van der Waals surface area contributed by atoms with E-state index in [-0.39, 0.29) is 47.9 Å². The third-order valence-corrected chi connectivity index (χ3v) is 11.2. The number of aromatic nitrogens is 4. The van der Waals surface area contributed by atoms with E-state index in [2.05, 4.69) is 15.0 Å². The molecule has 0 amide bonds. The summed E-state index contributed by atoms with van der Waals surface area (Å²) in [6.45, 7) is 1.77. The van der Waals surface area contributed by atoms with E-state index in [0.717, 1.165) is 37.8 Å². The van der Waals surface area contributed by atoms with Gasteiger partial charge in [-0.3, -0.25) is 9.58 Å². The average molecular weight is 718 g/mol.